The molecule has 4 heterocycles. The van der Waals surface area contributed by atoms with Gasteiger partial charge in [-0.15, -0.1) is 22.7 Å². The molecule has 18 aromatic rings. The highest BCUT2D eigenvalue weighted by Gasteiger charge is 2.14. The van der Waals surface area contributed by atoms with Crippen LogP contribution < -0.4 is 26.6 Å². The number of para-hydroxylation sites is 8. The van der Waals surface area contributed by atoms with Crippen LogP contribution in [0.25, 0.3) is 84.2 Å². The first-order valence-corrected chi connectivity index (χ1v) is 32.9. The molecule has 0 bridgehead atoms. The Balaban J connectivity index is 0.000000103. The molecule has 0 saturated heterocycles. The monoisotopic (exact) mass is 1260 g/mol. The first kappa shape index (κ1) is 60.2. The number of hydrogen-bond acceptors (Lipinski definition) is 10. The van der Waals surface area contributed by atoms with Gasteiger partial charge in [0, 0.05) is 91.6 Å². The van der Waals surface area contributed by atoms with E-state index in [2.05, 4.69) is 184 Å². The molecule has 4 aromatic heterocycles. The van der Waals surface area contributed by atoms with Gasteiger partial charge >= 0.3 is 0 Å². The zero-order valence-corrected chi connectivity index (χ0v) is 53.1. The lowest BCUT2D eigenvalue weighted by Gasteiger charge is -2.08. The number of rotatable bonds is 10. The van der Waals surface area contributed by atoms with Crippen LogP contribution in [-0.4, -0.2) is 0 Å². The van der Waals surface area contributed by atoms with E-state index in [1.165, 1.54) is 51.7 Å². The van der Waals surface area contributed by atoms with Crippen molar-refractivity contribution in [1.29, 1.82) is 5.26 Å². The van der Waals surface area contributed by atoms with E-state index in [1.807, 2.05) is 211 Å². The van der Waals surface area contributed by atoms with Crippen molar-refractivity contribution in [3.63, 3.8) is 0 Å². The maximum Gasteiger partial charge on any atom is 0.158 e. The van der Waals surface area contributed by atoms with E-state index < -0.39 is 0 Å². The second kappa shape index (κ2) is 28.8. The van der Waals surface area contributed by atoms with Crippen LogP contribution in [-0.2, 0) is 0 Å². The Morgan fingerprint density at radius 1 is 0.253 bits per heavy atom. The number of fused-ring (bicyclic) bond motifs is 12. The zero-order chi connectivity index (χ0) is 64.0. The minimum Gasteiger partial charge on any atom is -0.456 e. The summed E-state index contributed by atoms with van der Waals surface area (Å²) in [4.78, 5) is 0. The number of hydrogen-bond donors (Lipinski definition) is 5. The fourth-order valence-electron chi connectivity index (χ4n) is 11.5. The van der Waals surface area contributed by atoms with Crippen LogP contribution >= 0.6 is 22.7 Å². The summed E-state index contributed by atoms with van der Waals surface area (Å²) < 4.78 is 17.2. The van der Waals surface area contributed by atoms with Crippen LogP contribution in [0.5, 0.6) is 0 Å². The highest BCUT2D eigenvalue weighted by atomic mass is 32.1. The maximum absolute atomic E-state index is 8.75. The number of nitriles is 1. The van der Waals surface area contributed by atoms with Crippen molar-refractivity contribution in [2.45, 2.75) is 0 Å². The molecule has 0 spiro atoms. The topological polar surface area (TPSA) is 110 Å². The van der Waals surface area contributed by atoms with Gasteiger partial charge in [-0.1, -0.05) is 206 Å². The summed E-state index contributed by atoms with van der Waals surface area (Å²) in [5.41, 5.74) is 15.0. The Kier molecular flexibility index (Phi) is 18.3. The second-order valence-corrected chi connectivity index (χ2v) is 24.4. The van der Waals surface area contributed by atoms with E-state index in [-0.39, 0.29) is 0 Å². The minimum atomic E-state index is 0.663. The van der Waals surface area contributed by atoms with Crippen LogP contribution in [0.2, 0.25) is 0 Å². The molecule has 456 valence electrons. The molecule has 0 unspecified atom stereocenters. The molecule has 0 saturated carbocycles. The number of nitrogens with zero attached hydrogens (tertiary/aromatic N) is 1. The summed E-state index contributed by atoms with van der Waals surface area (Å²) in [6.45, 7) is 0. The number of benzene rings is 14. The van der Waals surface area contributed by atoms with Crippen molar-refractivity contribution < 1.29 is 8.83 Å². The van der Waals surface area contributed by atoms with E-state index in [0.717, 1.165) is 89.4 Å². The maximum atomic E-state index is 8.75. The third kappa shape index (κ3) is 14.1. The van der Waals surface area contributed by atoms with Gasteiger partial charge in [-0.05, 0) is 140 Å². The van der Waals surface area contributed by atoms with Crippen molar-refractivity contribution in [2.24, 2.45) is 0 Å². The van der Waals surface area contributed by atoms with Gasteiger partial charge in [0.15, 0.2) is 5.58 Å². The predicted octanol–water partition coefficient (Wildman–Crippen LogP) is 25.6. The largest absolute Gasteiger partial charge is 0.456 e. The average Bonchev–Trinajstić information content (AvgIpc) is 1.67. The molecule has 95 heavy (non-hydrogen) atoms. The van der Waals surface area contributed by atoms with E-state index >= 15 is 0 Å². The van der Waals surface area contributed by atoms with Crippen molar-refractivity contribution in [3.8, 4) is 6.07 Å². The molecule has 0 aliphatic heterocycles. The molecule has 0 aliphatic carbocycles. The third-order valence-electron chi connectivity index (χ3n) is 15.9. The van der Waals surface area contributed by atoms with Crippen molar-refractivity contribution in [2.75, 3.05) is 26.6 Å². The van der Waals surface area contributed by atoms with Gasteiger partial charge in [0.05, 0.1) is 38.8 Å². The standard InChI is InChI=1S/2C18H13NO.2C18H13NS.C13H10N2/c1-2-7-13(8-3-1)19-16-11-6-10-15-14-9-4-5-12-17(14)20-18(15)16;1-2-7-13(8-3-1)19-15-10-6-12-17-18(15)14-9-4-5-11-16(14)20-17;1-2-7-13(8-3-1)19-16-11-6-10-15-14-9-4-5-12-17(14)20-18(15)16;1-2-7-13(8-3-1)19-15-10-6-12-17-18(15)14-9-4-5-11-16(14)20-17;14-10-11-5-4-8-13(9-11)15-12-6-2-1-3-7-12/h4*1-12,19H;1-9,15H. The predicted molar refractivity (Wildman–Crippen MR) is 406 cm³/mol. The van der Waals surface area contributed by atoms with Gasteiger partial charge in [-0.2, -0.15) is 5.26 Å². The molecular weight excluding hydrogens is 1200 g/mol. The molecule has 0 radical (unpaired) electrons. The summed E-state index contributed by atoms with van der Waals surface area (Å²) in [5.74, 6) is 0. The van der Waals surface area contributed by atoms with E-state index in [0.29, 0.717) is 5.56 Å². The van der Waals surface area contributed by atoms with E-state index in [9.17, 15) is 0 Å². The molecular formula is C85H62N6O2S2. The highest BCUT2D eigenvalue weighted by Crippen LogP contribution is 2.42. The lowest BCUT2D eigenvalue weighted by molar-refractivity contribution is 0.669. The molecule has 0 aliphatic rings. The molecule has 8 nitrogen and oxygen atoms in total. The fraction of sp³-hybridized carbons (Fsp3) is 0. The van der Waals surface area contributed by atoms with Gasteiger partial charge in [-0.25, -0.2) is 0 Å². The Morgan fingerprint density at radius 2 is 0.642 bits per heavy atom. The van der Waals surface area contributed by atoms with E-state index in [1.54, 1.807) is 6.07 Å². The summed E-state index contributed by atoms with van der Waals surface area (Å²) in [6.07, 6.45) is 0. The van der Waals surface area contributed by atoms with Gasteiger partial charge in [0.25, 0.3) is 0 Å². The van der Waals surface area contributed by atoms with Gasteiger partial charge < -0.3 is 35.4 Å². The normalized spacial score (nSPS) is 10.7. The van der Waals surface area contributed by atoms with Gasteiger partial charge in [0.2, 0.25) is 0 Å². The molecule has 5 N–H and O–H groups in total. The fourth-order valence-corrected chi connectivity index (χ4v) is 13.8. The van der Waals surface area contributed by atoms with Crippen LogP contribution in [0, 0.1) is 11.3 Å². The summed E-state index contributed by atoms with van der Waals surface area (Å²) in [7, 11) is 0. The van der Waals surface area contributed by atoms with Crippen LogP contribution in [0.3, 0.4) is 0 Å². The van der Waals surface area contributed by atoms with Gasteiger partial charge in [-0.3, -0.25) is 0 Å². The Bertz CT molecular complexity index is 5290. The first-order chi connectivity index (χ1) is 47.0. The number of nitrogens with one attached hydrogen (secondary N) is 5. The number of thiophene rings is 2. The quantitative estimate of drug-likeness (QED) is 0.0921. The Hall–Kier alpha value is -12.4. The molecule has 0 fully saturated rings. The highest BCUT2D eigenvalue weighted by molar-refractivity contribution is 7.26. The Labute approximate surface area is 558 Å². The number of furan rings is 2. The number of anilines is 10. The molecule has 14 aromatic carbocycles. The average molecular weight is 1260 g/mol. The zero-order valence-electron chi connectivity index (χ0n) is 51.5. The van der Waals surface area contributed by atoms with Crippen molar-refractivity contribution >= 4 is 164 Å². The summed E-state index contributed by atoms with van der Waals surface area (Å²) in [5, 5.41) is 35.8. The molecule has 18 rings (SSSR count). The Morgan fingerprint density at radius 3 is 1.25 bits per heavy atom. The summed E-state index contributed by atoms with van der Waals surface area (Å²) in [6, 6.07) is 119. The lowest BCUT2D eigenvalue weighted by Crippen LogP contribution is -1.89. The molecule has 10 heteroatoms. The van der Waals surface area contributed by atoms with Crippen LogP contribution in [0.4, 0.5) is 56.9 Å². The third-order valence-corrected chi connectivity index (χ3v) is 18.2. The van der Waals surface area contributed by atoms with Crippen molar-refractivity contribution in [1.82, 2.24) is 0 Å². The van der Waals surface area contributed by atoms with Crippen LogP contribution in [0.15, 0.2) is 355 Å². The minimum absolute atomic E-state index is 0.663. The van der Waals surface area contributed by atoms with Crippen molar-refractivity contribution in [3.05, 3.63) is 351 Å². The smallest absolute Gasteiger partial charge is 0.158 e. The molecule has 0 amide bonds. The first-order valence-electron chi connectivity index (χ1n) is 31.3. The second-order valence-electron chi connectivity index (χ2n) is 22.3. The van der Waals surface area contributed by atoms with E-state index in [4.69, 9.17) is 14.1 Å². The SMILES string of the molecule is N#Cc1cccc(Nc2ccccc2)c1.c1ccc(Nc2cccc3c2oc2ccccc23)cc1.c1ccc(Nc2cccc3c2sc2ccccc23)cc1.c1ccc(Nc2cccc3oc4ccccc4c23)cc1.c1ccc(Nc2cccc3sc4ccccc4c23)cc1. The lowest BCUT2D eigenvalue weighted by atomic mass is 10.1. The molecule has 0 atom stereocenters. The van der Waals surface area contributed by atoms with Crippen LogP contribution in [0.1, 0.15) is 5.56 Å². The summed E-state index contributed by atoms with van der Waals surface area (Å²) >= 11 is 3.69. The van der Waals surface area contributed by atoms with Gasteiger partial charge in [0.1, 0.15) is 16.7 Å².